The summed E-state index contributed by atoms with van der Waals surface area (Å²) >= 11 is 6.11. The smallest absolute Gasteiger partial charge is 0.253 e. The van der Waals surface area contributed by atoms with Crippen LogP contribution in [0.2, 0.25) is 5.02 Å². The Kier molecular flexibility index (Phi) is 5.64. The molecule has 1 amide bonds. The quantitative estimate of drug-likeness (QED) is 0.817. The molecule has 0 saturated carbocycles. The Morgan fingerprint density at radius 2 is 1.58 bits per heavy atom. The lowest BCUT2D eigenvalue weighted by molar-refractivity contribution is 0.0785. The first-order valence-electron chi connectivity index (χ1n) is 7.25. The van der Waals surface area contributed by atoms with Crippen LogP contribution in [-0.2, 0) is 16.6 Å². The number of hydrogen-bond acceptors (Lipinski definition) is 3. The minimum atomic E-state index is -3.50. The van der Waals surface area contributed by atoms with Gasteiger partial charge in [0.1, 0.15) is 0 Å². The summed E-state index contributed by atoms with van der Waals surface area (Å²) in [5.41, 5.74) is 1.27. The van der Waals surface area contributed by atoms with Gasteiger partial charge in [0, 0.05) is 38.3 Å². The van der Waals surface area contributed by atoms with Crippen LogP contribution in [0.15, 0.2) is 53.4 Å². The first-order chi connectivity index (χ1) is 11.2. The average molecular weight is 367 g/mol. The molecule has 0 spiro atoms. The lowest BCUT2D eigenvalue weighted by atomic mass is 10.1. The summed E-state index contributed by atoms with van der Waals surface area (Å²) in [6, 6.07) is 13.2. The molecule has 0 atom stereocenters. The van der Waals surface area contributed by atoms with Crippen LogP contribution in [0.25, 0.3) is 0 Å². The Morgan fingerprint density at radius 1 is 1.00 bits per heavy atom. The van der Waals surface area contributed by atoms with Crippen molar-refractivity contribution in [1.82, 2.24) is 9.21 Å². The lowest BCUT2D eigenvalue weighted by Gasteiger charge is -2.18. The zero-order chi connectivity index (χ0) is 17.9. The molecule has 0 N–H and O–H groups in total. The Balaban J connectivity index is 2.17. The fourth-order valence-corrected chi connectivity index (χ4v) is 3.25. The van der Waals surface area contributed by atoms with E-state index in [1.165, 1.54) is 43.3 Å². The Bertz CT molecular complexity index is 833. The van der Waals surface area contributed by atoms with Gasteiger partial charge in [0.05, 0.1) is 4.90 Å². The van der Waals surface area contributed by atoms with Crippen LogP contribution in [0.3, 0.4) is 0 Å². The van der Waals surface area contributed by atoms with Crippen molar-refractivity contribution in [1.29, 1.82) is 0 Å². The number of carbonyl (C=O) groups is 1. The maximum absolute atomic E-state index is 12.5. The molecule has 5 nitrogen and oxygen atoms in total. The fourth-order valence-electron chi connectivity index (χ4n) is 2.15. The summed E-state index contributed by atoms with van der Waals surface area (Å²) in [4.78, 5) is 14.2. The molecule has 0 heterocycles. The van der Waals surface area contributed by atoms with Crippen molar-refractivity contribution in [2.75, 3.05) is 21.1 Å². The van der Waals surface area contributed by atoms with E-state index in [0.29, 0.717) is 17.1 Å². The monoisotopic (exact) mass is 366 g/mol. The predicted molar refractivity (Wildman–Crippen MR) is 94.6 cm³/mol. The number of nitrogens with zero attached hydrogens (tertiary/aromatic N) is 2. The molecule has 2 aromatic carbocycles. The Labute approximate surface area is 147 Å². The summed E-state index contributed by atoms with van der Waals surface area (Å²) in [5.74, 6) is -0.205. The molecule has 0 fully saturated rings. The molecule has 0 aliphatic heterocycles. The second-order valence-corrected chi connectivity index (χ2v) is 8.12. The molecule has 0 saturated heterocycles. The van der Waals surface area contributed by atoms with E-state index in [9.17, 15) is 13.2 Å². The summed E-state index contributed by atoms with van der Waals surface area (Å²) in [6.45, 7) is 0.371. The van der Waals surface area contributed by atoms with Gasteiger partial charge in [-0.2, -0.15) is 0 Å². The molecule has 24 heavy (non-hydrogen) atoms. The van der Waals surface area contributed by atoms with Crippen molar-refractivity contribution in [2.24, 2.45) is 0 Å². The summed E-state index contributed by atoms with van der Waals surface area (Å²) in [7, 11) is 1.10. The molecular formula is C17H19ClN2O3S. The zero-order valence-corrected chi connectivity index (χ0v) is 15.3. The van der Waals surface area contributed by atoms with E-state index in [0.717, 1.165) is 9.87 Å². The van der Waals surface area contributed by atoms with Gasteiger partial charge in [-0.25, -0.2) is 12.7 Å². The number of amides is 1. The largest absolute Gasteiger partial charge is 0.337 e. The van der Waals surface area contributed by atoms with E-state index in [4.69, 9.17) is 11.6 Å². The van der Waals surface area contributed by atoms with Crippen LogP contribution in [0.5, 0.6) is 0 Å². The molecule has 0 aliphatic rings. The average Bonchev–Trinajstić information content (AvgIpc) is 2.56. The first-order valence-corrected chi connectivity index (χ1v) is 9.06. The third-order valence-corrected chi connectivity index (χ3v) is 5.79. The SMILES string of the molecule is CN(Cc1ccccc1Cl)C(=O)c1ccc(S(=O)(=O)N(C)C)cc1. The van der Waals surface area contributed by atoms with Gasteiger partial charge in [-0.15, -0.1) is 0 Å². The molecule has 0 aromatic heterocycles. The number of halogens is 1. The van der Waals surface area contributed by atoms with Gasteiger partial charge in [-0.3, -0.25) is 4.79 Å². The minimum absolute atomic E-state index is 0.151. The summed E-state index contributed by atoms with van der Waals surface area (Å²) in [6.07, 6.45) is 0. The molecular weight excluding hydrogens is 348 g/mol. The second kappa shape index (κ2) is 7.34. The normalized spacial score (nSPS) is 11.5. The van der Waals surface area contributed by atoms with Crippen molar-refractivity contribution >= 4 is 27.5 Å². The van der Waals surface area contributed by atoms with Crippen molar-refractivity contribution in [3.05, 3.63) is 64.7 Å². The van der Waals surface area contributed by atoms with Crippen LogP contribution >= 0.6 is 11.6 Å². The number of sulfonamides is 1. The van der Waals surface area contributed by atoms with Crippen molar-refractivity contribution in [3.63, 3.8) is 0 Å². The van der Waals surface area contributed by atoms with Gasteiger partial charge in [-0.1, -0.05) is 29.8 Å². The second-order valence-electron chi connectivity index (χ2n) is 5.56. The summed E-state index contributed by atoms with van der Waals surface area (Å²) < 4.78 is 25.2. The maximum Gasteiger partial charge on any atom is 0.253 e. The van der Waals surface area contributed by atoms with Crippen molar-refractivity contribution in [3.8, 4) is 0 Å². The highest BCUT2D eigenvalue weighted by Gasteiger charge is 2.18. The number of hydrogen-bond donors (Lipinski definition) is 0. The maximum atomic E-state index is 12.5. The van der Waals surface area contributed by atoms with E-state index in [2.05, 4.69) is 0 Å². The van der Waals surface area contributed by atoms with Gasteiger partial charge < -0.3 is 4.90 Å². The minimum Gasteiger partial charge on any atom is -0.337 e. The van der Waals surface area contributed by atoms with Crippen molar-refractivity contribution < 1.29 is 13.2 Å². The molecule has 0 unspecified atom stereocenters. The Hall–Kier alpha value is -1.89. The number of benzene rings is 2. The van der Waals surface area contributed by atoms with Crippen LogP contribution in [-0.4, -0.2) is 44.7 Å². The summed E-state index contributed by atoms with van der Waals surface area (Å²) in [5, 5.41) is 0.601. The Morgan fingerprint density at radius 3 is 2.12 bits per heavy atom. The van der Waals surface area contributed by atoms with Crippen LogP contribution in [0, 0.1) is 0 Å². The first kappa shape index (κ1) is 18.4. The van der Waals surface area contributed by atoms with E-state index in [1.807, 2.05) is 18.2 Å². The zero-order valence-electron chi connectivity index (χ0n) is 13.7. The molecule has 0 radical (unpaired) electrons. The van der Waals surface area contributed by atoms with Gasteiger partial charge in [-0.05, 0) is 35.9 Å². The lowest BCUT2D eigenvalue weighted by Crippen LogP contribution is -2.26. The van der Waals surface area contributed by atoms with Crippen LogP contribution < -0.4 is 0 Å². The van der Waals surface area contributed by atoms with Gasteiger partial charge in [0.25, 0.3) is 5.91 Å². The number of rotatable bonds is 5. The highest BCUT2D eigenvalue weighted by atomic mass is 35.5. The van der Waals surface area contributed by atoms with E-state index < -0.39 is 10.0 Å². The molecule has 2 aromatic rings. The molecule has 0 aliphatic carbocycles. The predicted octanol–water partition coefficient (Wildman–Crippen LogP) is 2.86. The van der Waals surface area contributed by atoms with Crippen LogP contribution in [0.1, 0.15) is 15.9 Å². The third-order valence-electron chi connectivity index (χ3n) is 3.59. The van der Waals surface area contributed by atoms with Crippen LogP contribution in [0.4, 0.5) is 0 Å². The van der Waals surface area contributed by atoms with Gasteiger partial charge >= 0.3 is 0 Å². The highest BCUT2D eigenvalue weighted by molar-refractivity contribution is 7.89. The molecule has 128 valence electrons. The van der Waals surface area contributed by atoms with E-state index >= 15 is 0 Å². The van der Waals surface area contributed by atoms with E-state index in [1.54, 1.807) is 13.1 Å². The van der Waals surface area contributed by atoms with Gasteiger partial charge in [0.15, 0.2) is 0 Å². The van der Waals surface area contributed by atoms with Crippen molar-refractivity contribution in [2.45, 2.75) is 11.4 Å². The topological polar surface area (TPSA) is 57.7 Å². The molecule has 7 heteroatoms. The van der Waals surface area contributed by atoms with E-state index in [-0.39, 0.29) is 10.8 Å². The molecule has 2 rings (SSSR count). The highest BCUT2D eigenvalue weighted by Crippen LogP contribution is 2.19. The standard InChI is InChI=1S/C17H19ClN2O3S/c1-19(2)24(22,23)15-10-8-13(9-11-15)17(21)20(3)12-14-6-4-5-7-16(14)18/h4-11H,12H2,1-3H3. The number of carbonyl (C=O) groups excluding carboxylic acids is 1. The molecule has 0 bridgehead atoms. The fraction of sp³-hybridized carbons (Fsp3) is 0.235. The van der Waals surface area contributed by atoms with Gasteiger partial charge in [0.2, 0.25) is 10.0 Å². The third kappa shape index (κ3) is 3.95.